The van der Waals surface area contributed by atoms with Crippen molar-refractivity contribution in [1.82, 2.24) is 9.97 Å². The van der Waals surface area contributed by atoms with Gasteiger partial charge in [-0.25, -0.2) is 9.78 Å². The highest BCUT2D eigenvalue weighted by Crippen LogP contribution is 1.96. The SMILES string of the molecule is C#COC(=O)Nc1cnccn1. The first kappa shape index (κ1) is 8.01. The minimum atomic E-state index is -0.752. The number of terminal acetylenes is 1. The molecule has 0 radical (unpaired) electrons. The van der Waals surface area contributed by atoms with E-state index in [1.807, 2.05) is 0 Å². The van der Waals surface area contributed by atoms with Crippen LogP contribution in [0.3, 0.4) is 0 Å². The number of nitrogens with one attached hydrogen (secondary N) is 1. The molecule has 60 valence electrons. The van der Waals surface area contributed by atoms with Gasteiger partial charge in [-0.2, -0.15) is 0 Å². The second-order valence-corrected chi connectivity index (χ2v) is 1.72. The smallest absolute Gasteiger partial charge is 0.356 e. The number of hydrogen-bond donors (Lipinski definition) is 1. The highest BCUT2D eigenvalue weighted by atomic mass is 16.5. The van der Waals surface area contributed by atoms with Crippen molar-refractivity contribution >= 4 is 11.9 Å². The summed E-state index contributed by atoms with van der Waals surface area (Å²) in [4.78, 5) is 18.1. The Kier molecular flexibility index (Phi) is 2.62. The average Bonchev–Trinajstić information content (AvgIpc) is 2.06. The molecule has 0 atom stereocenters. The first-order valence-corrected chi connectivity index (χ1v) is 3.02. The Balaban J connectivity index is 2.54. The van der Waals surface area contributed by atoms with Crippen molar-refractivity contribution in [2.75, 3.05) is 5.32 Å². The van der Waals surface area contributed by atoms with Gasteiger partial charge in [0.1, 0.15) is 6.11 Å². The zero-order valence-electron chi connectivity index (χ0n) is 6.02. The molecule has 1 heterocycles. The molecule has 1 aromatic rings. The van der Waals surface area contributed by atoms with Crippen molar-refractivity contribution in [3.63, 3.8) is 0 Å². The van der Waals surface area contributed by atoms with E-state index in [1.165, 1.54) is 18.6 Å². The molecule has 12 heavy (non-hydrogen) atoms. The lowest BCUT2D eigenvalue weighted by molar-refractivity contribution is 0.207. The van der Waals surface area contributed by atoms with Crippen LogP contribution in [-0.2, 0) is 4.74 Å². The van der Waals surface area contributed by atoms with Crippen LogP contribution in [0.1, 0.15) is 0 Å². The molecule has 0 saturated carbocycles. The molecule has 0 fully saturated rings. The largest absolute Gasteiger partial charge is 0.426 e. The van der Waals surface area contributed by atoms with Gasteiger partial charge in [0.05, 0.1) is 6.20 Å². The van der Waals surface area contributed by atoms with Gasteiger partial charge >= 0.3 is 6.09 Å². The van der Waals surface area contributed by atoms with Crippen molar-refractivity contribution in [3.8, 4) is 12.5 Å². The summed E-state index contributed by atoms with van der Waals surface area (Å²) in [6.45, 7) is 0. The van der Waals surface area contributed by atoms with E-state index in [0.717, 1.165) is 0 Å². The minimum Gasteiger partial charge on any atom is -0.356 e. The molecular formula is C7H5N3O2. The Labute approximate surface area is 68.8 Å². The zero-order valence-corrected chi connectivity index (χ0v) is 6.02. The Morgan fingerprint density at radius 1 is 1.67 bits per heavy atom. The number of amides is 1. The molecular weight excluding hydrogens is 158 g/mol. The van der Waals surface area contributed by atoms with E-state index < -0.39 is 6.09 Å². The Hall–Kier alpha value is -2.09. The van der Waals surface area contributed by atoms with Crippen molar-refractivity contribution in [2.24, 2.45) is 0 Å². The third kappa shape index (κ3) is 2.27. The standard InChI is InChI=1S/C7H5N3O2/c1-2-12-7(11)10-6-5-8-3-4-9-6/h1,3-5H,(H,9,10,11). The van der Waals surface area contributed by atoms with E-state index in [2.05, 4.69) is 20.0 Å². The third-order valence-corrected chi connectivity index (χ3v) is 0.945. The number of rotatable bonds is 1. The first-order valence-electron chi connectivity index (χ1n) is 3.02. The maximum atomic E-state index is 10.7. The first-order chi connectivity index (χ1) is 5.83. The Morgan fingerprint density at radius 3 is 3.08 bits per heavy atom. The fraction of sp³-hybridized carbons (Fsp3) is 0. The second kappa shape index (κ2) is 3.93. The predicted octanol–water partition coefficient (Wildman–Crippen LogP) is 0.616. The lowest BCUT2D eigenvalue weighted by Crippen LogP contribution is -2.11. The molecule has 1 rings (SSSR count). The number of hydrogen-bond acceptors (Lipinski definition) is 4. The van der Waals surface area contributed by atoms with Crippen LogP contribution in [0.25, 0.3) is 0 Å². The Bertz CT molecular complexity index is 304. The topological polar surface area (TPSA) is 64.1 Å². The molecule has 0 aliphatic carbocycles. The van der Waals surface area contributed by atoms with E-state index in [4.69, 9.17) is 6.42 Å². The summed E-state index contributed by atoms with van der Waals surface area (Å²) in [6.07, 6.45) is 9.98. The van der Waals surface area contributed by atoms with Crippen LogP contribution in [0.2, 0.25) is 0 Å². The van der Waals surface area contributed by atoms with E-state index in [1.54, 1.807) is 6.11 Å². The molecule has 1 aromatic heterocycles. The van der Waals surface area contributed by atoms with Crippen LogP contribution in [0.15, 0.2) is 18.6 Å². The normalized spacial score (nSPS) is 8.25. The van der Waals surface area contributed by atoms with E-state index in [0.29, 0.717) is 0 Å². The quantitative estimate of drug-likeness (QED) is 0.616. The van der Waals surface area contributed by atoms with E-state index in [9.17, 15) is 4.79 Å². The summed E-state index contributed by atoms with van der Waals surface area (Å²) in [7, 11) is 0. The third-order valence-electron chi connectivity index (χ3n) is 0.945. The van der Waals surface area contributed by atoms with Gasteiger partial charge in [-0.1, -0.05) is 6.42 Å². The monoisotopic (exact) mass is 163 g/mol. The van der Waals surface area contributed by atoms with Crippen LogP contribution in [0, 0.1) is 12.5 Å². The number of nitrogens with zero attached hydrogens (tertiary/aromatic N) is 2. The maximum absolute atomic E-state index is 10.7. The number of carbonyl (C=O) groups is 1. The lowest BCUT2D eigenvalue weighted by atomic mass is 10.7. The minimum absolute atomic E-state index is 0.290. The fourth-order valence-corrected chi connectivity index (χ4v) is 0.547. The highest BCUT2D eigenvalue weighted by Gasteiger charge is 2.00. The molecule has 0 aliphatic heterocycles. The molecule has 0 unspecified atom stereocenters. The number of anilines is 1. The van der Waals surface area contributed by atoms with Crippen molar-refractivity contribution in [2.45, 2.75) is 0 Å². The fourth-order valence-electron chi connectivity index (χ4n) is 0.547. The summed E-state index contributed by atoms with van der Waals surface area (Å²) >= 11 is 0. The number of aromatic nitrogens is 2. The average molecular weight is 163 g/mol. The molecule has 5 heteroatoms. The highest BCUT2D eigenvalue weighted by molar-refractivity contribution is 5.83. The zero-order chi connectivity index (χ0) is 8.81. The molecule has 0 aromatic carbocycles. The number of ether oxygens (including phenoxy) is 1. The predicted molar refractivity (Wildman–Crippen MR) is 41.0 cm³/mol. The van der Waals surface area contributed by atoms with Gasteiger partial charge in [0, 0.05) is 12.4 Å². The summed E-state index contributed by atoms with van der Waals surface area (Å²) in [5.74, 6) is 0.290. The van der Waals surface area contributed by atoms with Crippen LogP contribution < -0.4 is 5.32 Å². The lowest BCUT2D eigenvalue weighted by Gasteiger charge is -1.98. The molecule has 0 saturated heterocycles. The summed E-state index contributed by atoms with van der Waals surface area (Å²) in [5, 5.41) is 2.27. The molecule has 0 aliphatic rings. The summed E-state index contributed by atoms with van der Waals surface area (Å²) < 4.78 is 4.16. The van der Waals surface area contributed by atoms with Gasteiger partial charge in [0.15, 0.2) is 5.82 Å². The summed E-state index contributed by atoms with van der Waals surface area (Å²) in [6, 6.07) is 0. The van der Waals surface area contributed by atoms with E-state index in [-0.39, 0.29) is 5.82 Å². The van der Waals surface area contributed by atoms with Crippen LogP contribution in [0.4, 0.5) is 10.6 Å². The molecule has 1 amide bonds. The Morgan fingerprint density at radius 2 is 2.50 bits per heavy atom. The van der Waals surface area contributed by atoms with Crippen LogP contribution in [-0.4, -0.2) is 16.1 Å². The maximum Gasteiger partial charge on any atom is 0.426 e. The van der Waals surface area contributed by atoms with Crippen molar-refractivity contribution in [1.29, 1.82) is 0 Å². The van der Waals surface area contributed by atoms with Gasteiger partial charge in [0.2, 0.25) is 0 Å². The molecule has 0 spiro atoms. The van der Waals surface area contributed by atoms with Gasteiger partial charge in [-0.3, -0.25) is 10.3 Å². The van der Waals surface area contributed by atoms with Crippen LogP contribution in [0.5, 0.6) is 0 Å². The van der Waals surface area contributed by atoms with Gasteiger partial charge in [-0.15, -0.1) is 0 Å². The van der Waals surface area contributed by atoms with Crippen molar-refractivity contribution < 1.29 is 9.53 Å². The van der Waals surface area contributed by atoms with Crippen molar-refractivity contribution in [3.05, 3.63) is 18.6 Å². The summed E-state index contributed by atoms with van der Waals surface area (Å²) in [5.41, 5.74) is 0. The molecule has 1 N–H and O–H groups in total. The second-order valence-electron chi connectivity index (χ2n) is 1.72. The van der Waals surface area contributed by atoms with Gasteiger partial charge in [-0.05, 0) is 0 Å². The van der Waals surface area contributed by atoms with Crippen LogP contribution >= 0.6 is 0 Å². The van der Waals surface area contributed by atoms with Gasteiger partial charge in [0.25, 0.3) is 0 Å². The number of carbonyl (C=O) groups excluding carboxylic acids is 1. The molecule has 0 bridgehead atoms. The van der Waals surface area contributed by atoms with E-state index >= 15 is 0 Å². The van der Waals surface area contributed by atoms with Gasteiger partial charge < -0.3 is 4.74 Å². The molecule has 5 nitrogen and oxygen atoms in total.